The Morgan fingerprint density at radius 3 is 2.64 bits per heavy atom. The number of carbonyl (C=O) groups excluding carboxylic acids is 1. The Kier molecular flexibility index (Phi) is 5.64. The highest BCUT2D eigenvalue weighted by Crippen LogP contribution is 2.37. The van der Waals surface area contributed by atoms with Gasteiger partial charge in [0.15, 0.2) is 0 Å². The van der Waals surface area contributed by atoms with Gasteiger partial charge in [-0.15, -0.1) is 0 Å². The van der Waals surface area contributed by atoms with Gasteiger partial charge in [-0.2, -0.15) is 0 Å². The number of nitrogens with two attached hydrogens (primary N) is 1. The van der Waals surface area contributed by atoms with Crippen molar-refractivity contribution in [2.24, 2.45) is 5.73 Å². The maximum Gasteiger partial charge on any atom is 0.239 e. The fourth-order valence-electron chi connectivity index (χ4n) is 4.21. The SMILES string of the molecule is C[C@@H]1CCc2ncnc(N3CCN(C(=O)[C@H](N)Cc4ccc(Br)cc4)CC3)c21. The lowest BCUT2D eigenvalue weighted by Gasteiger charge is -2.37. The van der Waals surface area contributed by atoms with Crippen LogP contribution in [0, 0.1) is 0 Å². The van der Waals surface area contributed by atoms with Crippen LogP contribution in [0.15, 0.2) is 35.1 Å². The average Bonchev–Trinajstić information content (AvgIpc) is 3.10. The first-order valence-corrected chi connectivity index (χ1v) is 10.7. The van der Waals surface area contributed by atoms with E-state index in [0.717, 1.165) is 41.8 Å². The van der Waals surface area contributed by atoms with Gasteiger partial charge in [0.1, 0.15) is 12.1 Å². The van der Waals surface area contributed by atoms with Gasteiger partial charge in [0.25, 0.3) is 0 Å². The number of fused-ring (bicyclic) bond motifs is 1. The summed E-state index contributed by atoms with van der Waals surface area (Å²) < 4.78 is 1.03. The standard InChI is InChI=1S/C21H26BrN5O/c1-14-2-7-18-19(14)20(25-13-24-18)26-8-10-27(11-9-26)21(28)17(23)12-15-3-5-16(22)6-4-15/h3-6,13-14,17H,2,7-12,23H2,1H3/t14-,17-/m1/s1. The summed E-state index contributed by atoms with van der Waals surface area (Å²) in [5.41, 5.74) is 9.78. The van der Waals surface area contributed by atoms with Crippen molar-refractivity contribution in [3.63, 3.8) is 0 Å². The van der Waals surface area contributed by atoms with Gasteiger partial charge in [0.2, 0.25) is 5.91 Å². The number of halogens is 1. The largest absolute Gasteiger partial charge is 0.353 e. The molecule has 1 amide bonds. The number of anilines is 1. The lowest BCUT2D eigenvalue weighted by molar-refractivity contribution is -0.132. The Morgan fingerprint density at radius 1 is 1.21 bits per heavy atom. The number of aromatic nitrogens is 2. The second kappa shape index (κ2) is 8.17. The van der Waals surface area contributed by atoms with Crippen LogP contribution >= 0.6 is 15.9 Å². The molecule has 0 saturated carbocycles. The van der Waals surface area contributed by atoms with Crippen molar-refractivity contribution in [2.75, 3.05) is 31.1 Å². The number of hydrogen-bond acceptors (Lipinski definition) is 5. The number of piperazine rings is 1. The summed E-state index contributed by atoms with van der Waals surface area (Å²) in [5, 5.41) is 0. The topological polar surface area (TPSA) is 75.4 Å². The van der Waals surface area contributed by atoms with Crippen molar-refractivity contribution < 1.29 is 4.79 Å². The number of carbonyl (C=O) groups is 1. The number of benzene rings is 1. The summed E-state index contributed by atoms with van der Waals surface area (Å²) in [7, 11) is 0. The van der Waals surface area contributed by atoms with E-state index >= 15 is 0 Å². The van der Waals surface area contributed by atoms with E-state index in [0.29, 0.717) is 25.4 Å². The van der Waals surface area contributed by atoms with Gasteiger partial charge in [-0.25, -0.2) is 9.97 Å². The Bertz CT molecular complexity index is 848. The van der Waals surface area contributed by atoms with Crippen molar-refractivity contribution in [3.05, 3.63) is 51.9 Å². The maximum atomic E-state index is 12.8. The molecular weight excluding hydrogens is 418 g/mol. The normalized spacial score (nSPS) is 20.2. The molecule has 2 aliphatic rings. The third-order valence-electron chi connectivity index (χ3n) is 5.83. The smallest absolute Gasteiger partial charge is 0.239 e. The molecule has 1 aromatic carbocycles. The van der Waals surface area contributed by atoms with Crippen LogP contribution < -0.4 is 10.6 Å². The molecule has 0 radical (unpaired) electrons. The fourth-order valence-corrected chi connectivity index (χ4v) is 4.47. The van der Waals surface area contributed by atoms with Crippen LogP contribution in [0.4, 0.5) is 5.82 Å². The van der Waals surface area contributed by atoms with E-state index in [4.69, 9.17) is 5.73 Å². The third kappa shape index (κ3) is 3.91. The molecule has 0 bridgehead atoms. The summed E-state index contributed by atoms with van der Waals surface area (Å²) in [6.45, 7) is 5.18. The molecular formula is C21H26BrN5O. The Balaban J connectivity index is 1.37. The van der Waals surface area contributed by atoms with Gasteiger partial charge in [0, 0.05) is 41.9 Å². The first-order chi connectivity index (χ1) is 13.5. The molecule has 1 aliphatic heterocycles. The van der Waals surface area contributed by atoms with Crippen LogP contribution in [0.2, 0.25) is 0 Å². The van der Waals surface area contributed by atoms with E-state index in [1.165, 1.54) is 11.3 Å². The Morgan fingerprint density at radius 2 is 1.93 bits per heavy atom. The van der Waals surface area contributed by atoms with Crippen LogP contribution in [0.3, 0.4) is 0 Å². The van der Waals surface area contributed by atoms with E-state index in [-0.39, 0.29) is 5.91 Å². The van der Waals surface area contributed by atoms with Gasteiger partial charge < -0.3 is 15.5 Å². The molecule has 2 atom stereocenters. The second-order valence-electron chi connectivity index (χ2n) is 7.75. The van der Waals surface area contributed by atoms with Gasteiger partial charge in [0.05, 0.1) is 6.04 Å². The van der Waals surface area contributed by atoms with Crippen molar-refractivity contribution in [1.29, 1.82) is 0 Å². The fraction of sp³-hybridized carbons (Fsp3) is 0.476. The molecule has 6 nitrogen and oxygen atoms in total. The zero-order valence-corrected chi connectivity index (χ0v) is 17.7. The highest BCUT2D eigenvalue weighted by atomic mass is 79.9. The van der Waals surface area contributed by atoms with Crippen LogP contribution in [-0.4, -0.2) is 53.0 Å². The number of amides is 1. The van der Waals surface area contributed by atoms with Crippen molar-refractivity contribution in [3.8, 4) is 0 Å². The molecule has 2 N–H and O–H groups in total. The molecule has 1 fully saturated rings. The molecule has 1 aromatic heterocycles. The Labute approximate surface area is 174 Å². The number of nitrogens with zero attached hydrogens (tertiary/aromatic N) is 4. The summed E-state index contributed by atoms with van der Waals surface area (Å²) in [5.74, 6) is 1.59. The third-order valence-corrected chi connectivity index (χ3v) is 6.36. The van der Waals surface area contributed by atoms with Crippen LogP contribution in [0.1, 0.15) is 36.1 Å². The minimum atomic E-state index is -0.504. The molecule has 1 saturated heterocycles. The molecule has 0 unspecified atom stereocenters. The van der Waals surface area contributed by atoms with Crippen LogP contribution in [-0.2, 0) is 17.6 Å². The highest BCUT2D eigenvalue weighted by Gasteiger charge is 2.30. The van der Waals surface area contributed by atoms with Crippen LogP contribution in [0.25, 0.3) is 0 Å². The second-order valence-corrected chi connectivity index (χ2v) is 8.66. The predicted octanol–water partition coefficient (Wildman–Crippen LogP) is 2.51. The van der Waals surface area contributed by atoms with Gasteiger partial charge in [-0.05, 0) is 42.9 Å². The van der Waals surface area contributed by atoms with E-state index in [2.05, 4.69) is 37.7 Å². The lowest BCUT2D eigenvalue weighted by atomic mass is 10.0. The van der Waals surface area contributed by atoms with Gasteiger partial charge in [-0.1, -0.05) is 35.0 Å². The molecule has 0 spiro atoms. The van der Waals surface area contributed by atoms with E-state index in [1.807, 2.05) is 29.2 Å². The van der Waals surface area contributed by atoms with Crippen molar-refractivity contribution >= 4 is 27.7 Å². The first-order valence-electron chi connectivity index (χ1n) is 9.90. The van der Waals surface area contributed by atoms with E-state index < -0.39 is 6.04 Å². The summed E-state index contributed by atoms with van der Waals surface area (Å²) in [6, 6.07) is 7.47. The summed E-state index contributed by atoms with van der Waals surface area (Å²) in [6.07, 6.45) is 4.42. The molecule has 7 heteroatoms. The van der Waals surface area contributed by atoms with Crippen LogP contribution in [0.5, 0.6) is 0 Å². The molecule has 2 aromatic rings. The number of rotatable bonds is 4. The van der Waals surface area contributed by atoms with Crippen molar-refractivity contribution in [1.82, 2.24) is 14.9 Å². The molecule has 2 heterocycles. The monoisotopic (exact) mass is 443 g/mol. The quantitative estimate of drug-likeness (QED) is 0.785. The zero-order valence-electron chi connectivity index (χ0n) is 16.1. The molecule has 1 aliphatic carbocycles. The number of aryl methyl sites for hydroxylation is 1. The average molecular weight is 444 g/mol. The number of hydrogen-bond donors (Lipinski definition) is 1. The zero-order chi connectivity index (χ0) is 19.7. The Hall–Kier alpha value is -1.99. The summed E-state index contributed by atoms with van der Waals surface area (Å²) >= 11 is 3.43. The molecule has 28 heavy (non-hydrogen) atoms. The van der Waals surface area contributed by atoms with E-state index in [1.54, 1.807) is 6.33 Å². The molecule has 4 rings (SSSR count). The highest BCUT2D eigenvalue weighted by molar-refractivity contribution is 9.10. The molecule has 148 valence electrons. The maximum absolute atomic E-state index is 12.8. The predicted molar refractivity (Wildman–Crippen MR) is 113 cm³/mol. The summed E-state index contributed by atoms with van der Waals surface area (Å²) in [4.78, 5) is 26.0. The van der Waals surface area contributed by atoms with Gasteiger partial charge in [-0.3, -0.25) is 4.79 Å². The van der Waals surface area contributed by atoms with Gasteiger partial charge >= 0.3 is 0 Å². The minimum Gasteiger partial charge on any atom is -0.353 e. The minimum absolute atomic E-state index is 0.0313. The lowest BCUT2D eigenvalue weighted by Crippen LogP contribution is -2.54. The first kappa shape index (κ1) is 19.3. The van der Waals surface area contributed by atoms with E-state index in [9.17, 15) is 4.79 Å². The van der Waals surface area contributed by atoms with Crippen molar-refractivity contribution in [2.45, 2.75) is 38.1 Å².